The largest absolute Gasteiger partial charge is 1.00 e. The number of carbonyl (C=O) groups excluding carboxylic acids is 10. The maximum atomic E-state index is 13.5. The van der Waals surface area contributed by atoms with Gasteiger partial charge in [-0.3, -0.25) is 47.0 Å². The maximum Gasteiger partial charge on any atom is 1.00 e. The summed E-state index contributed by atoms with van der Waals surface area (Å²) >= 11 is 2.28. The molecule has 0 aromatic carbocycles. The average Bonchev–Trinajstić information content (AvgIpc) is 4.28. The molecule has 6 aliphatic heterocycles. The fourth-order valence-corrected chi connectivity index (χ4v) is 14.0. The van der Waals surface area contributed by atoms with Crippen molar-refractivity contribution in [3.8, 4) is 0 Å². The number of thiazole rings is 2. The molecule has 6 fully saturated rings. The van der Waals surface area contributed by atoms with Gasteiger partial charge in [-0.25, -0.2) is 24.4 Å². The molecule has 0 saturated carbocycles. The summed E-state index contributed by atoms with van der Waals surface area (Å²) in [5.74, 6) is -10.7. The Kier molecular flexibility index (Phi) is 19.9. The van der Waals surface area contributed by atoms with Crippen molar-refractivity contribution < 1.29 is 124 Å². The number of allylic oxidation sites excluding steroid dienone is 1. The number of Topliss-reactive ketones (excluding diaryl/α,β-unsaturated/α-hetero) is 1. The Hall–Kier alpha value is -6.46. The number of carboxylic acids is 1. The zero-order chi connectivity index (χ0) is 56.1. The Balaban J connectivity index is 0.000000251. The third-order valence-corrected chi connectivity index (χ3v) is 17.4. The number of methoxy groups -OCH3 is 2. The third kappa shape index (κ3) is 12.2. The van der Waals surface area contributed by atoms with Gasteiger partial charge in [0.1, 0.15) is 54.0 Å². The number of aliphatic carboxylic acids is 1. The van der Waals surface area contributed by atoms with Crippen molar-refractivity contribution >= 4 is 120 Å². The number of aryl methyl sites for hydroxylation is 1. The molecule has 5 amide bonds. The minimum Gasteiger partial charge on any atom is -0.544 e. The summed E-state index contributed by atoms with van der Waals surface area (Å²) < 4.78 is 50.8. The van der Waals surface area contributed by atoms with Gasteiger partial charge in [-0.1, -0.05) is 15.9 Å². The first kappa shape index (κ1) is 60.8. The van der Waals surface area contributed by atoms with Crippen LogP contribution in [0.5, 0.6) is 0 Å². The Morgan fingerprint density at radius 2 is 1.37 bits per heavy atom. The standard InChI is InChI=1S/C25H30N4O10S2.C18H20N6O10S2.Na/c1-13(2)5-7-37-23(33)25-15(9-19(31)39-25)12-41(35)22-16(21(32)29(22)25)10-18(30)20(17-11-40-14(3)27-17)28-38-8-6-26-24(34)36-4;1-32-17(30)20-2-3-33-23-10(8-5-35-16(19)21-8)12(26)22-11-13(27)24-14(11)36(31)6-7-4-9(25)34-18(7,24)15(28)29;/h5,11,15-16,22H,6-10,12H2,1-4H3,(H,26,34);5,7,11,14H,2-4,6H2,1H3,(H2,19,21)(H,20,30)(H,22,26)(H,28,29);/q;;+1/p-1/b28-20-;23-10-;/t15-,16+,22+,25+,41-;7-,11+,14+,18+,36-;/m00./s1. The van der Waals surface area contributed by atoms with Crippen molar-refractivity contribution in [1.29, 1.82) is 0 Å². The van der Waals surface area contributed by atoms with Crippen LogP contribution in [0.1, 0.15) is 49.5 Å². The fraction of sp³-hybridized carbons (Fsp3) is 0.535. The minimum absolute atomic E-state index is 0. The molecule has 0 aliphatic carbocycles. The van der Waals surface area contributed by atoms with Gasteiger partial charge in [0.05, 0.1) is 57.0 Å². The van der Waals surface area contributed by atoms with Crippen LogP contribution in [0.25, 0.3) is 0 Å². The van der Waals surface area contributed by atoms with Crippen LogP contribution in [-0.2, 0) is 93.3 Å². The van der Waals surface area contributed by atoms with Crippen molar-refractivity contribution in [2.75, 3.05) is 64.4 Å². The molecule has 2 aromatic heterocycles. The molecular weight excluding hydrogens is 1130 g/mol. The van der Waals surface area contributed by atoms with Crippen LogP contribution in [0.2, 0.25) is 0 Å². The number of alkyl carbamates (subject to hydrolysis) is 2. The number of anilines is 1. The topological polar surface area (TPSA) is 412 Å². The van der Waals surface area contributed by atoms with Gasteiger partial charge < -0.3 is 64.9 Å². The zero-order valence-electron chi connectivity index (χ0n) is 42.3. The number of nitrogens with two attached hydrogens (primary N) is 1. The van der Waals surface area contributed by atoms with E-state index in [9.17, 15) is 61.5 Å². The Morgan fingerprint density at radius 1 is 0.833 bits per heavy atom. The monoisotopic (exact) mass is 1180 g/mol. The first-order valence-electron chi connectivity index (χ1n) is 23.0. The summed E-state index contributed by atoms with van der Waals surface area (Å²) in [5, 5.41) is 28.2. The van der Waals surface area contributed by atoms with Gasteiger partial charge >= 0.3 is 59.7 Å². The van der Waals surface area contributed by atoms with Crippen molar-refractivity contribution in [1.82, 2.24) is 35.7 Å². The van der Waals surface area contributed by atoms with Gasteiger partial charge in [-0.2, -0.15) is 0 Å². The number of ketones is 1. The second kappa shape index (κ2) is 25.6. The molecule has 78 heavy (non-hydrogen) atoms. The summed E-state index contributed by atoms with van der Waals surface area (Å²) in [6.07, 6.45) is -0.625. The number of amides is 5. The number of carbonyl (C=O) groups is 10. The fourth-order valence-electron chi connectivity index (χ4n) is 8.87. The normalized spacial score (nSPS) is 27.3. The number of esters is 3. The summed E-state index contributed by atoms with van der Waals surface area (Å²) in [6.45, 7) is 5.10. The number of nitrogens with zero attached hydrogens (tertiary/aromatic N) is 6. The van der Waals surface area contributed by atoms with E-state index < -0.39 is 134 Å². The number of fused-ring (bicyclic) bond motifs is 6. The summed E-state index contributed by atoms with van der Waals surface area (Å²) in [6, 6.07) is -1.41. The molecule has 6 saturated heterocycles. The van der Waals surface area contributed by atoms with Crippen molar-refractivity contribution in [3.63, 3.8) is 0 Å². The number of β-lactam (4-membered cyclic amide) rings is 2. The van der Waals surface area contributed by atoms with Gasteiger partial charge in [-0.05, 0) is 26.8 Å². The molecule has 2 aromatic rings. The molecule has 6 aliphatic rings. The Morgan fingerprint density at radius 3 is 1.91 bits per heavy atom. The molecule has 0 unspecified atom stereocenters. The van der Waals surface area contributed by atoms with Crippen molar-refractivity contribution in [2.24, 2.45) is 28.1 Å². The number of aromatic nitrogens is 2. The predicted octanol–water partition coefficient (Wildman–Crippen LogP) is -5.97. The van der Waals surface area contributed by atoms with Gasteiger partial charge in [0.2, 0.25) is 11.6 Å². The molecule has 8 rings (SSSR count). The third-order valence-electron chi connectivity index (χ3n) is 12.3. The molecule has 10 atom stereocenters. The summed E-state index contributed by atoms with van der Waals surface area (Å²) in [4.78, 5) is 145. The Labute approximate surface area is 477 Å². The molecular formula is C43H49N10NaO20S4. The van der Waals surface area contributed by atoms with Crippen molar-refractivity contribution in [3.05, 3.63) is 38.8 Å². The van der Waals surface area contributed by atoms with Crippen LogP contribution < -0.4 is 56.3 Å². The van der Waals surface area contributed by atoms with Crippen LogP contribution in [0.15, 0.2) is 32.7 Å². The van der Waals surface area contributed by atoms with Gasteiger partial charge in [0, 0.05) is 56.2 Å². The number of carboxylic acid groups (broad SMARTS) is 1. The van der Waals surface area contributed by atoms with Gasteiger partial charge in [-0.15, -0.1) is 22.7 Å². The number of ether oxygens (including phenoxy) is 5. The molecule has 5 N–H and O–H groups in total. The predicted molar refractivity (Wildman–Crippen MR) is 261 cm³/mol. The van der Waals surface area contributed by atoms with E-state index in [2.05, 4.69) is 45.7 Å². The van der Waals surface area contributed by atoms with Gasteiger partial charge in [0.15, 0.2) is 22.3 Å². The van der Waals surface area contributed by atoms with Crippen LogP contribution in [0.4, 0.5) is 14.7 Å². The van der Waals surface area contributed by atoms with Crippen LogP contribution in [-0.4, -0.2) is 186 Å². The smallest absolute Gasteiger partial charge is 0.544 e. The number of hydrogen-bond donors (Lipinski definition) is 4. The van der Waals surface area contributed by atoms with Crippen molar-refractivity contribution in [2.45, 2.75) is 68.3 Å². The number of hydrogen-bond acceptors (Lipinski definition) is 27. The second-order valence-electron chi connectivity index (χ2n) is 17.5. The van der Waals surface area contributed by atoms with E-state index in [1.807, 2.05) is 13.8 Å². The van der Waals surface area contributed by atoms with E-state index in [0.29, 0.717) is 9.91 Å². The minimum atomic E-state index is -2.38. The molecule has 0 bridgehead atoms. The molecule has 30 nitrogen and oxygen atoms in total. The maximum absolute atomic E-state index is 13.5. The molecule has 0 radical (unpaired) electrons. The summed E-state index contributed by atoms with van der Waals surface area (Å²) in [7, 11) is -1.11. The Bertz CT molecular complexity index is 2910. The van der Waals surface area contributed by atoms with E-state index in [4.69, 9.17) is 29.6 Å². The van der Waals surface area contributed by atoms with E-state index in [1.54, 1.807) is 18.4 Å². The number of nitrogen functional groups attached to an aromatic ring is 1. The van der Waals surface area contributed by atoms with Crippen LogP contribution in [0.3, 0.4) is 0 Å². The van der Waals surface area contributed by atoms with E-state index in [0.717, 1.165) is 21.8 Å². The molecule has 8 heterocycles. The first-order valence-corrected chi connectivity index (χ1v) is 27.5. The second-order valence-corrected chi connectivity index (χ2v) is 22.6. The van der Waals surface area contributed by atoms with E-state index in [1.165, 1.54) is 30.9 Å². The summed E-state index contributed by atoms with van der Waals surface area (Å²) in [5.41, 5.74) is 1.82. The number of rotatable bonds is 19. The van der Waals surface area contributed by atoms with Gasteiger partial charge in [0.25, 0.3) is 17.5 Å². The van der Waals surface area contributed by atoms with E-state index in [-0.39, 0.29) is 115 Å². The van der Waals surface area contributed by atoms with Crippen LogP contribution in [0, 0.1) is 24.7 Å². The van der Waals surface area contributed by atoms with Crippen LogP contribution >= 0.6 is 22.7 Å². The number of nitrogens with one attached hydrogen (secondary N) is 3. The quantitative estimate of drug-likeness (QED) is 0.0149. The van der Waals surface area contributed by atoms with E-state index >= 15 is 0 Å². The zero-order valence-corrected chi connectivity index (χ0v) is 47.6. The first-order chi connectivity index (χ1) is 36.6. The SMILES string of the molecule is COC(=O)NCCO/N=C(\C(=O)C[C@@H]1C(=O)N2[C@@H]1[S@@](=O)C[C@@H]1CC(=O)O[C@@]12C(=O)OCC=C(C)C)c1csc(C)n1.COC(=O)NCCO/N=C(\C(=O)N[C@@H]1C(=O)N2[C@@H]1[S@@](=O)C[C@@H]1CC(=O)O[C@@]12C(=O)[O-])c1csc(N)n1.[Na+]. The molecule has 35 heteroatoms. The average molecular weight is 1180 g/mol. The molecule has 0 spiro atoms. The number of oxime groups is 2. The molecule has 416 valence electrons.